The van der Waals surface area contributed by atoms with Crippen LogP contribution in [0.15, 0.2) is 16.5 Å². The van der Waals surface area contributed by atoms with Gasteiger partial charge in [0.15, 0.2) is 5.76 Å². The highest BCUT2D eigenvalue weighted by molar-refractivity contribution is 5.92. The molecule has 0 aromatic carbocycles. The highest BCUT2D eigenvalue weighted by Crippen LogP contribution is 2.36. The number of likely N-dealkylation sites (tertiary alicyclic amines) is 1. The van der Waals surface area contributed by atoms with Gasteiger partial charge in [0.25, 0.3) is 5.91 Å². The predicted molar refractivity (Wildman–Crippen MR) is 70.1 cm³/mol. The van der Waals surface area contributed by atoms with E-state index < -0.39 is 10.8 Å². The van der Waals surface area contributed by atoms with E-state index in [1.165, 1.54) is 12.1 Å². The standard InChI is InChI=1S/C13H17N3O4/c14-10-2-1-8-6-15(7-9(8)5-10)13(17)11-3-4-12(20-11)16(18)19/h3-4,8-10H,1-2,5-7,14H2/t8-,9+,10?/m1/s1. The minimum atomic E-state index is -0.639. The van der Waals surface area contributed by atoms with E-state index in [-0.39, 0.29) is 17.7 Å². The van der Waals surface area contributed by atoms with Crippen molar-refractivity contribution in [1.29, 1.82) is 0 Å². The van der Waals surface area contributed by atoms with Crippen molar-refractivity contribution >= 4 is 11.8 Å². The third-order valence-corrected chi connectivity index (χ3v) is 4.36. The van der Waals surface area contributed by atoms with Crippen molar-refractivity contribution in [2.24, 2.45) is 17.6 Å². The fraction of sp³-hybridized carbons (Fsp3) is 0.615. The Morgan fingerprint density at radius 1 is 1.35 bits per heavy atom. The average molecular weight is 279 g/mol. The van der Waals surface area contributed by atoms with E-state index in [4.69, 9.17) is 10.2 Å². The Hall–Kier alpha value is -1.89. The number of hydrogen-bond donors (Lipinski definition) is 1. The molecule has 1 aliphatic heterocycles. The predicted octanol–water partition coefficient (Wildman–Crippen LogP) is 1.39. The molecule has 1 amide bonds. The summed E-state index contributed by atoms with van der Waals surface area (Å²) < 4.78 is 4.98. The summed E-state index contributed by atoms with van der Waals surface area (Å²) in [6, 6.07) is 2.82. The third-order valence-electron chi connectivity index (χ3n) is 4.36. The monoisotopic (exact) mass is 279 g/mol. The number of nitrogens with two attached hydrogens (primary N) is 1. The highest BCUT2D eigenvalue weighted by Gasteiger charge is 2.39. The minimum Gasteiger partial charge on any atom is -0.395 e. The van der Waals surface area contributed by atoms with Gasteiger partial charge in [0.2, 0.25) is 0 Å². The van der Waals surface area contributed by atoms with Crippen LogP contribution >= 0.6 is 0 Å². The summed E-state index contributed by atoms with van der Waals surface area (Å²) in [5.74, 6) is 0.337. The molecule has 0 spiro atoms. The quantitative estimate of drug-likeness (QED) is 0.651. The second kappa shape index (κ2) is 4.90. The molecule has 7 nitrogen and oxygen atoms in total. The van der Waals surface area contributed by atoms with E-state index >= 15 is 0 Å². The summed E-state index contributed by atoms with van der Waals surface area (Å²) in [6.45, 7) is 1.37. The summed E-state index contributed by atoms with van der Waals surface area (Å²) in [7, 11) is 0. The number of carbonyl (C=O) groups excluding carboxylic acids is 1. The van der Waals surface area contributed by atoms with Crippen molar-refractivity contribution < 1.29 is 14.1 Å². The van der Waals surface area contributed by atoms with Gasteiger partial charge in [-0.2, -0.15) is 0 Å². The Balaban J connectivity index is 1.70. The molecule has 7 heteroatoms. The first kappa shape index (κ1) is 13.1. The van der Waals surface area contributed by atoms with Crippen LogP contribution in [0.5, 0.6) is 0 Å². The van der Waals surface area contributed by atoms with Crippen LogP contribution in [-0.4, -0.2) is 34.9 Å². The number of fused-ring (bicyclic) bond motifs is 1. The summed E-state index contributed by atoms with van der Waals surface area (Å²) in [6.07, 6.45) is 3.01. The molecular formula is C13H17N3O4. The van der Waals surface area contributed by atoms with Crippen molar-refractivity contribution in [1.82, 2.24) is 4.90 Å². The molecule has 1 unspecified atom stereocenters. The van der Waals surface area contributed by atoms with Gasteiger partial charge in [0.05, 0.1) is 6.07 Å². The molecule has 1 aliphatic carbocycles. The smallest absolute Gasteiger partial charge is 0.395 e. The third kappa shape index (κ3) is 2.29. The lowest BCUT2D eigenvalue weighted by molar-refractivity contribution is -0.402. The largest absolute Gasteiger partial charge is 0.433 e. The topological polar surface area (TPSA) is 103 Å². The van der Waals surface area contributed by atoms with Gasteiger partial charge in [-0.25, -0.2) is 0 Å². The number of nitro groups is 1. The molecule has 20 heavy (non-hydrogen) atoms. The maximum atomic E-state index is 12.3. The number of amides is 1. The molecule has 2 fully saturated rings. The molecule has 108 valence electrons. The first-order valence-electron chi connectivity index (χ1n) is 6.83. The molecule has 1 aromatic heterocycles. The van der Waals surface area contributed by atoms with Crippen LogP contribution in [0.25, 0.3) is 0 Å². The Kier molecular flexibility index (Phi) is 3.21. The lowest BCUT2D eigenvalue weighted by Crippen LogP contribution is -2.32. The van der Waals surface area contributed by atoms with Crippen molar-refractivity contribution in [3.05, 3.63) is 28.0 Å². The van der Waals surface area contributed by atoms with E-state index in [1.807, 2.05) is 0 Å². The van der Waals surface area contributed by atoms with Crippen LogP contribution in [0.1, 0.15) is 29.8 Å². The molecule has 2 aliphatic rings. The second-order valence-corrected chi connectivity index (χ2v) is 5.70. The van der Waals surface area contributed by atoms with Gasteiger partial charge in [-0.15, -0.1) is 0 Å². The first-order chi connectivity index (χ1) is 9.54. The highest BCUT2D eigenvalue weighted by atomic mass is 16.6. The number of rotatable bonds is 2. The minimum absolute atomic E-state index is 0.0413. The van der Waals surface area contributed by atoms with Crippen LogP contribution in [0.3, 0.4) is 0 Å². The molecule has 3 atom stereocenters. The van der Waals surface area contributed by atoms with Crippen LogP contribution in [0, 0.1) is 22.0 Å². The van der Waals surface area contributed by atoms with Gasteiger partial charge < -0.3 is 15.1 Å². The number of furan rings is 1. The van der Waals surface area contributed by atoms with E-state index in [1.54, 1.807) is 4.90 Å². The molecule has 0 bridgehead atoms. The Morgan fingerprint density at radius 2 is 2.10 bits per heavy atom. The average Bonchev–Trinajstić information content (AvgIpc) is 3.03. The number of nitrogens with zero attached hydrogens (tertiary/aromatic N) is 2. The normalized spacial score (nSPS) is 29.2. The van der Waals surface area contributed by atoms with Gasteiger partial charge in [0, 0.05) is 19.1 Å². The molecule has 3 rings (SSSR count). The summed E-state index contributed by atoms with van der Waals surface area (Å²) in [5, 5.41) is 10.6. The van der Waals surface area contributed by atoms with Crippen molar-refractivity contribution in [2.45, 2.75) is 25.3 Å². The second-order valence-electron chi connectivity index (χ2n) is 5.70. The van der Waals surface area contributed by atoms with Crippen molar-refractivity contribution in [3.63, 3.8) is 0 Å². The number of carbonyl (C=O) groups is 1. The van der Waals surface area contributed by atoms with Crippen LogP contribution < -0.4 is 5.73 Å². The van der Waals surface area contributed by atoms with Gasteiger partial charge in [-0.1, -0.05) is 0 Å². The summed E-state index contributed by atoms with van der Waals surface area (Å²) in [4.78, 5) is 24.0. The Bertz CT molecular complexity index is 541. The summed E-state index contributed by atoms with van der Waals surface area (Å²) in [5.41, 5.74) is 5.96. The van der Waals surface area contributed by atoms with Gasteiger partial charge in [-0.05, 0) is 37.2 Å². The lowest BCUT2D eigenvalue weighted by Gasteiger charge is -2.27. The molecule has 2 heterocycles. The van der Waals surface area contributed by atoms with Crippen LogP contribution in [-0.2, 0) is 0 Å². The molecule has 1 saturated heterocycles. The molecule has 1 aromatic rings. The van der Waals surface area contributed by atoms with Gasteiger partial charge in [0.1, 0.15) is 4.92 Å². The van der Waals surface area contributed by atoms with Gasteiger partial charge in [-0.3, -0.25) is 14.9 Å². The van der Waals surface area contributed by atoms with Crippen molar-refractivity contribution in [2.75, 3.05) is 13.1 Å². The van der Waals surface area contributed by atoms with Gasteiger partial charge >= 0.3 is 5.88 Å². The number of hydrogen-bond acceptors (Lipinski definition) is 5. The van der Waals surface area contributed by atoms with Crippen molar-refractivity contribution in [3.8, 4) is 0 Å². The zero-order valence-corrected chi connectivity index (χ0v) is 11.0. The maximum Gasteiger partial charge on any atom is 0.433 e. The lowest BCUT2D eigenvalue weighted by atomic mass is 9.79. The Labute approximate surface area is 115 Å². The fourth-order valence-corrected chi connectivity index (χ4v) is 3.33. The fourth-order valence-electron chi connectivity index (χ4n) is 3.33. The van der Waals surface area contributed by atoms with Crippen LogP contribution in [0.4, 0.5) is 5.88 Å². The molecule has 0 radical (unpaired) electrons. The van der Waals surface area contributed by atoms with Crippen LogP contribution in [0.2, 0.25) is 0 Å². The first-order valence-corrected chi connectivity index (χ1v) is 6.83. The van der Waals surface area contributed by atoms with E-state index in [0.717, 1.165) is 19.3 Å². The molecular weight excluding hydrogens is 262 g/mol. The Morgan fingerprint density at radius 3 is 2.80 bits per heavy atom. The van der Waals surface area contributed by atoms with E-state index in [0.29, 0.717) is 24.9 Å². The molecule has 2 N–H and O–H groups in total. The van der Waals surface area contributed by atoms with E-state index in [9.17, 15) is 14.9 Å². The SMILES string of the molecule is NC1CC[C@@H]2CN(C(=O)c3ccc([N+](=O)[O-])o3)C[C@@H]2C1. The maximum absolute atomic E-state index is 12.3. The molecule has 1 saturated carbocycles. The van der Waals surface area contributed by atoms with E-state index in [2.05, 4.69) is 0 Å². The zero-order chi connectivity index (χ0) is 14.3. The zero-order valence-electron chi connectivity index (χ0n) is 11.0. The summed E-state index contributed by atoms with van der Waals surface area (Å²) >= 11 is 0.